The second-order valence-corrected chi connectivity index (χ2v) is 6.91. The molecule has 1 aliphatic heterocycles. The van der Waals surface area contributed by atoms with E-state index in [0.717, 1.165) is 50.7 Å². The Hall–Kier alpha value is -3.22. The maximum atomic E-state index is 12.5. The van der Waals surface area contributed by atoms with Gasteiger partial charge in [0.2, 0.25) is 5.91 Å². The third-order valence-corrected chi connectivity index (χ3v) is 5.06. The predicted octanol–water partition coefficient (Wildman–Crippen LogP) is 2.33. The van der Waals surface area contributed by atoms with Gasteiger partial charge >= 0.3 is 0 Å². The molecule has 2 aromatic heterocycles. The molecule has 3 aromatic rings. The molecule has 1 saturated heterocycles. The molecule has 0 atom stereocenters. The van der Waals surface area contributed by atoms with E-state index < -0.39 is 0 Å². The van der Waals surface area contributed by atoms with Crippen LogP contribution >= 0.6 is 0 Å². The molecule has 0 saturated carbocycles. The highest BCUT2D eigenvalue weighted by molar-refractivity contribution is 5.76. The van der Waals surface area contributed by atoms with E-state index in [1.165, 1.54) is 5.56 Å². The molecule has 1 aromatic carbocycles. The van der Waals surface area contributed by atoms with E-state index in [0.29, 0.717) is 6.42 Å². The van der Waals surface area contributed by atoms with Crippen LogP contribution in [0.4, 0.5) is 5.82 Å². The fraction of sp³-hybridized carbons (Fsp3) is 0.333. The number of rotatable bonds is 6. The van der Waals surface area contributed by atoms with Crippen LogP contribution in [0.5, 0.6) is 0 Å². The zero-order valence-corrected chi connectivity index (χ0v) is 15.8. The lowest BCUT2D eigenvalue weighted by molar-refractivity contribution is -0.131. The number of carbonyl (C=O) groups is 1. The van der Waals surface area contributed by atoms with Gasteiger partial charge in [-0.15, -0.1) is 0 Å². The number of anilines is 1. The van der Waals surface area contributed by atoms with Crippen molar-refractivity contribution in [2.24, 2.45) is 0 Å². The Bertz CT molecular complexity index is 888. The number of carbonyl (C=O) groups excluding carboxylic acids is 1. The fourth-order valence-corrected chi connectivity index (χ4v) is 3.48. The van der Waals surface area contributed by atoms with Crippen molar-refractivity contribution in [3.8, 4) is 5.82 Å². The first-order chi connectivity index (χ1) is 13.8. The summed E-state index contributed by atoms with van der Waals surface area (Å²) in [7, 11) is 0. The molecule has 0 N–H and O–H groups in total. The number of amides is 1. The fourth-order valence-electron chi connectivity index (χ4n) is 3.48. The van der Waals surface area contributed by atoms with Gasteiger partial charge in [-0.1, -0.05) is 30.3 Å². The molecule has 1 aliphatic rings. The van der Waals surface area contributed by atoms with Crippen molar-refractivity contribution in [1.82, 2.24) is 24.4 Å². The van der Waals surface area contributed by atoms with Crippen LogP contribution in [-0.4, -0.2) is 56.5 Å². The van der Waals surface area contributed by atoms with Crippen molar-refractivity contribution in [1.29, 1.82) is 0 Å². The highest BCUT2D eigenvalue weighted by Gasteiger charge is 2.22. The predicted molar refractivity (Wildman–Crippen MR) is 107 cm³/mol. The van der Waals surface area contributed by atoms with E-state index in [4.69, 9.17) is 0 Å². The lowest BCUT2D eigenvalue weighted by Gasteiger charge is -2.35. The molecular formula is C21H24N6O. The van der Waals surface area contributed by atoms with Crippen LogP contribution in [0.25, 0.3) is 5.82 Å². The second-order valence-electron chi connectivity index (χ2n) is 6.91. The van der Waals surface area contributed by atoms with Crippen molar-refractivity contribution >= 4 is 11.7 Å². The Morgan fingerprint density at radius 2 is 1.79 bits per heavy atom. The Balaban J connectivity index is 1.27. The van der Waals surface area contributed by atoms with Crippen LogP contribution in [0.3, 0.4) is 0 Å². The summed E-state index contributed by atoms with van der Waals surface area (Å²) in [6, 6.07) is 12.3. The molecule has 1 amide bonds. The Morgan fingerprint density at radius 3 is 2.54 bits per heavy atom. The highest BCUT2D eigenvalue weighted by atomic mass is 16.2. The molecule has 1 fully saturated rings. The van der Waals surface area contributed by atoms with Gasteiger partial charge in [-0.3, -0.25) is 9.36 Å². The van der Waals surface area contributed by atoms with Gasteiger partial charge in [-0.2, -0.15) is 0 Å². The molecule has 0 unspecified atom stereocenters. The summed E-state index contributed by atoms with van der Waals surface area (Å²) in [5, 5.41) is 0. The molecule has 0 spiro atoms. The van der Waals surface area contributed by atoms with Gasteiger partial charge in [0.15, 0.2) is 0 Å². The summed E-state index contributed by atoms with van der Waals surface area (Å²) >= 11 is 0. The minimum absolute atomic E-state index is 0.248. The molecule has 0 radical (unpaired) electrons. The van der Waals surface area contributed by atoms with Gasteiger partial charge in [0, 0.05) is 51.1 Å². The second kappa shape index (κ2) is 8.65. The Labute approximate surface area is 164 Å². The lowest BCUT2D eigenvalue weighted by atomic mass is 10.1. The monoisotopic (exact) mass is 376 g/mol. The van der Waals surface area contributed by atoms with Crippen molar-refractivity contribution in [2.75, 3.05) is 31.1 Å². The van der Waals surface area contributed by atoms with Crippen molar-refractivity contribution in [3.05, 3.63) is 67.0 Å². The topological polar surface area (TPSA) is 67.2 Å². The number of hydrogen-bond acceptors (Lipinski definition) is 5. The summed E-state index contributed by atoms with van der Waals surface area (Å²) in [4.78, 5) is 29.4. The van der Waals surface area contributed by atoms with E-state index in [2.05, 4.69) is 32.0 Å². The van der Waals surface area contributed by atoms with E-state index in [-0.39, 0.29) is 5.91 Å². The van der Waals surface area contributed by atoms with E-state index >= 15 is 0 Å². The molecule has 0 aliphatic carbocycles. The van der Waals surface area contributed by atoms with E-state index in [1.54, 1.807) is 18.9 Å². The number of aryl methyl sites for hydroxylation is 1. The minimum Gasteiger partial charge on any atom is -0.353 e. The normalized spacial score (nSPS) is 14.3. The zero-order valence-electron chi connectivity index (χ0n) is 15.8. The molecule has 7 nitrogen and oxygen atoms in total. The Morgan fingerprint density at radius 1 is 1.00 bits per heavy atom. The minimum atomic E-state index is 0.248. The summed E-state index contributed by atoms with van der Waals surface area (Å²) in [5.74, 6) is 1.93. The van der Waals surface area contributed by atoms with Crippen LogP contribution in [0.15, 0.2) is 61.4 Å². The van der Waals surface area contributed by atoms with Crippen LogP contribution in [0.2, 0.25) is 0 Å². The van der Waals surface area contributed by atoms with Crippen molar-refractivity contribution < 1.29 is 4.79 Å². The van der Waals surface area contributed by atoms with Crippen molar-refractivity contribution in [3.63, 3.8) is 0 Å². The van der Waals surface area contributed by atoms with Gasteiger partial charge in [-0.25, -0.2) is 15.0 Å². The van der Waals surface area contributed by atoms with Gasteiger partial charge in [0.05, 0.1) is 0 Å². The molecule has 3 heterocycles. The number of aromatic nitrogens is 4. The standard InChI is InChI=1S/C21H24N6O/c28-21(8-4-7-18-5-2-1-3-6-18)26-13-11-25(12-14-26)19-15-20(24-16-23-19)27-10-9-22-17-27/h1-3,5-6,9-10,15-17H,4,7-8,11-14H2. The average molecular weight is 376 g/mol. The zero-order chi connectivity index (χ0) is 19.2. The molecule has 7 heteroatoms. The van der Waals surface area contributed by atoms with E-state index in [1.807, 2.05) is 39.9 Å². The average Bonchev–Trinajstić information content (AvgIpc) is 3.30. The van der Waals surface area contributed by atoms with Crippen LogP contribution in [0.1, 0.15) is 18.4 Å². The lowest BCUT2D eigenvalue weighted by Crippen LogP contribution is -2.49. The third kappa shape index (κ3) is 4.36. The number of benzene rings is 1. The van der Waals surface area contributed by atoms with Gasteiger partial charge < -0.3 is 9.80 Å². The van der Waals surface area contributed by atoms with Crippen LogP contribution in [-0.2, 0) is 11.2 Å². The first-order valence-corrected chi connectivity index (χ1v) is 9.66. The molecule has 0 bridgehead atoms. The first-order valence-electron chi connectivity index (χ1n) is 9.66. The summed E-state index contributed by atoms with van der Waals surface area (Å²) < 4.78 is 1.86. The number of piperazine rings is 1. The smallest absolute Gasteiger partial charge is 0.222 e. The molecule has 4 rings (SSSR count). The van der Waals surface area contributed by atoms with E-state index in [9.17, 15) is 4.79 Å². The van der Waals surface area contributed by atoms with Crippen LogP contribution in [0, 0.1) is 0 Å². The SMILES string of the molecule is O=C(CCCc1ccccc1)N1CCN(c2cc(-n3ccnc3)ncn2)CC1. The maximum absolute atomic E-state index is 12.5. The first kappa shape index (κ1) is 18.2. The molecule has 144 valence electrons. The summed E-state index contributed by atoms with van der Waals surface area (Å²) in [5.41, 5.74) is 1.29. The van der Waals surface area contributed by atoms with Gasteiger partial charge in [0.1, 0.15) is 24.3 Å². The van der Waals surface area contributed by atoms with Gasteiger partial charge in [-0.05, 0) is 18.4 Å². The third-order valence-electron chi connectivity index (χ3n) is 5.06. The quantitative estimate of drug-likeness (QED) is 0.661. The highest BCUT2D eigenvalue weighted by Crippen LogP contribution is 2.16. The largest absolute Gasteiger partial charge is 0.353 e. The van der Waals surface area contributed by atoms with Crippen LogP contribution < -0.4 is 4.90 Å². The van der Waals surface area contributed by atoms with Gasteiger partial charge in [0.25, 0.3) is 0 Å². The Kier molecular flexibility index (Phi) is 5.61. The summed E-state index contributed by atoms with van der Waals surface area (Å²) in [6.07, 6.45) is 9.33. The number of hydrogen-bond donors (Lipinski definition) is 0. The number of imidazole rings is 1. The molecule has 28 heavy (non-hydrogen) atoms. The molecular weight excluding hydrogens is 352 g/mol. The maximum Gasteiger partial charge on any atom is 0.222 e. The number of nitrogens with zero attached hydrogens (tertiary/aromatic N) is 6. The van der Waals surface area contributed by atoms with Crippen molar-refractivity contribution in [2.45, 2.75) is 19.3 Å². The summed E-state index contributed by atoms with van der Waals surface area (Å²) in [6.45, 7) is 3.03.